The third-order valence-corrected chi connectivity index (χ3v) is 5.71. The van der Waals surface area contributed by atoms with Crippen molar-refractivity contribution in [3.8, 4) is 0 Å². The highest BCUT2D eigenvalue weighted by molar-refractivity contribution is 7.99. The standard InChI is InChI=1S/C16H29N3S/c1-4-13-10-15(19(3)18-13)11-14(17-5-2)12-20-16-8-6-7-9-16/h10,14,16-17H,4-9,11-12H2,1-3H3. The Morgan fingerprint density at radius 2 is 2.15 bits per heavy atom. The van der Waals surface area contributed by atoms with Gasteiger partial charge in [0, 0.05) is 36.2 Å². The molecule has 3 nitrogen and oxygen atoms in total. The van der Waals surface area contributed by atoms with Crippen LogP contribution >= 0.6 is 11.8 Å². The van der Waals surface area contributed by atoms with Crippen LogP contribution < -0.4 is 5.32 Å². The summed E-state index contributed by atoms with van der Waals surface area (Å²) in [6.45, 7) is 5.42. The fraction of sp³-hybridized carbons (Fsp3) is 0.812. The molecule has 0 aliphatic heterocycles. The molecule has 1 aromatic rings. The highest BCUT2D eigenvalue weighted by Gasteiger charge is 2.18. The molecule has 20 heavy (non-hydrogen) atoms. The van der Waals surface area contributed by atoms with Crippen LogP contribution in [0.1, 0.15) is 50.9 Å². The second-order valence-electron chi connectivity index (χ2n) is 5.80. The molecule has 0 radical (unpaired) electrons. The number of hydrogen-bond donors (Lipinski definition) is 1. The summed E-state index contributed by atoms with van der Waals surface area (Å²) in [6, 6.07) is 2.84. The van der Waals surface area contributed by atoms with Gasteiger partial charge in [0.1, 0.15) is 0 Å². The molecule has 1 aliphatic rings. The largest absolute Gasteiger partial charge is 0.313 e. The third kappa shape index (κ3) is 4.52. The summed E-state index contributed by atoms with van der Waals surface area (Å²) in [5.74, 6) is 1.23. The van der Waals surface area contributed by atoms with Crippen molar-refractivity contribution in [2.45, 2.75) is 63.7 Å². The van der Waals surface area contributed by atoms with Crippen molar-refractivity contribution in [2.75, 3.05) is 12.3 Å². The fourth-order valence-electron chi connectivity index (χ4n) is 2.97. The van der Waals surface area contributed by atoms with Gasteiger partial charge in [-0.15, -0.1) is 0 Å². The van der Waals surface area contributed by atoms with E-state index in [2.05, 4.69) is 53.8 Å². The van der Waals surface area contributed by atoms with E-state index in [4.69, 9.17) is 0 Å². The first-order chi connectivity index (χ1) is 9.72. The summed E-state index contributed by atoms with van der Waals surface area (Å²) in [5, 5.41) is 9.12. The van der Waals surface area contributed by atoms with E-state index in [0.717, 1.165) is 24.6 Å². The van der Waals surface area contributed by atoms with Gasteiger partial charge in [0.05, 0.1) is 5.69 Å². The Bertz CT molecular complexity index is 396. The van der Waals surface area contributed by atoms with E-state index in [-0.39, 0.29) is 0 Å². The maximum absolute atomic E-state index is 4.56. The minimum absolute atomic E-state index is 0.575. The van der Waals surface area contributed by atoms with Gasteiger partial charge in [-0.3, -0.25) is 4.68 Å². The average Bonchev–Trinajstić information content (AvgIpc) is 3.06. The van der Waals surface area contributed by atoms with Gasteiger partial charge in [-0.2, -0.15) is 16.9 Å². The highest BCUT2D eigenvalue weighted by Crippen LogP contribution is 2.30. The fourth-order valence-corrected chi connectivity index (χ4v) is 4.38. The van der Waals surface area contributed by atoms with Crippen LogP contribution in [0.25, 0.3) is 0 Å². The Morgan fingerprint density at radius 3 is 2.75 bits per heavy atom. The van der Waals surface area contributed by atoms with Gasteiger partial charge in [0.15, 0.2) is 0 Å². The summed E-state index contributed by atoms with van der Waals surface area (Å²) in [5.41, 5.74) is 2.57. The van der Waals surface area contributed by atoms with Crippen LogP contribution in [0.2, 0.25) is 0 Å². The van der Waals surface area contributed by atoms with Crippen molar-refractivity contribution in [1.29, 1.82) is 0 Å². The average molecular weight is 295 g/mol. The summed E-state index contributed by atoms with van der Waals surface area (Å²) in [6.07, 6.45) is 7.84. The number of likely N-dealkylation sites (N-methyl/N-ethyl adjacent to an activating group) is 1. The lowest BCUT2D eigenvalue weighted by atomic mass is 10.1. The Kier molecular flexibility index (Phi) is 6.43. The van der Waals surface area contributed by atoms with Crippen LogP contribution in [0.15, 0.2) is 6.07 Å². The molecule has 1 saturated carbocycles. The molecule has 1 aliphatic carbocycles. The molecule has 114 valence electrons. The Balaban J connectivity index is 1.88. The lowest BCUT2D eigenvalue weighted by molar-refractivity contribution is 0.548. The predicted octanol–water partition coefficient (Wildman–Crippen LogP) is 3.18. The molecule has 1 N–H and O–H groups in total. The van der Waals surface area contributed by atoms with Crippen molar-refractivity contribution in [2.24, 2.45) is 7.05 Å². The Labute approximate surface area is 127 Å². The van der Waals surface area contributed by atoms with Crippen LogP contribution in [0, 0.1) is 0 Å². The second kappa shape index (κ2) is 8.08. The predicted molar refractivity (Wildman–Crippen MR) is 88.5 cm³/mol. The Hall–Kier alpha value is -0.480. The van der Waals surface area contributed by atoms with Gasteiger partial charge in [-0.25, -0.2) is 0 Å². The van der Waals surface area contributed by atoms with Crippen molar-refractivity contribution in [1.82, 2.24) is 15.1 Å². The quantitative estimate of drug-likeness (QED) is 0.799. The smallest absolute Gasteiger partial charge is 0.0624 e. The number of thioether (sulfide) groups is 1. The third-order valence-electron chi connectivity index (χ3n) is 4.17. The van der Waals surface area contributed by atoms with E-state index in [9.17, 15) is 0 Å². The molecule has 4 heteroatoms. The van der Waals surface area contributed by atoms with Gasteiger partial charge in [-0.1, -0.05) is 26.7 Å². The number of hydrogen-bond acceptors (Lipinski definition) is 3. The van der Waals surface area contributed by atoms with Crippen LogP contribution in [-0.4, -0.2) is 33.4 Å². The summed E-state index contributed by atoms with van der Waals surface area (Å²) in [7, 11) is 2.07. The molecule has 1 aromatic heterocycles. The van der Waals surface area contributed by atoms with E-state index < -0.39 is 0 Å². The molecule has 0 saturated heterocycles. The van der Waals surface area contributed by atoms with E-state index in [1.165, 1.54) is 42.8 Å². The minimum Gasteiger partial charge on any atom is -0.313 e. The molecular formula is C16H29N3S. The molecule has 0 spiro atoms. The van der Waals surface area contributed by atoms with Gasteiger partial charge in [-0.05, 0) is 31.9 Å². The van der Waals surface area contributed by atoms with E-state index in [1.54, 1.807) is 0 Å². The maximum atomic E-state index is 4.56. The lowest BCUT2D eigenvalue weighted by Crippen LogP contribution is -2.34. The molecule has 1 fully saturated rings. The first kappa shape index (κ1) is 15.9. The Morgan fingerprint density at radius 1 is 1.40 bits per heavy atom. The van der Waals surface area contributed by atoms with Crippen molar-refractivity contribution in [3.05, 3.63) is 17.5 Å². The van der Waals surface area contributed by atoms with Gasteiger partial charge in [0.25, 0.3) is 0 Å². The van der Waals surface area contributed by atoms with E-state index >= 15 is 0 Å². The van der Waals surface area contributed by atoms with Crippen LogP contribution in [0.4, 0.5) is 0 Å². The van der Waals surface area contributed by atoms with Gasteiger partial charge < -0.3 is 5.32 Å². The summed E-state index contributed by atoms with van der Waals surface area (Å²) in [4.78, 5) is 0. The van der Waals surface area contributed by atoms with Gasteiger partial charge in [0.2, 0.25) is 0 Å². The number of nitrogens with one attached hydrogen (secondary N) is 1. The molecule has 2 rings (SSSR count). The summed E-state index contributed by atoms with van der Waals surface area (Å²) >= 11 is 2.18. The number of aryl methyl sites for hydroxylation is 2. The van der Waals surface area contributed by atoms with Gasteiger partial charge >= 0.3 is 0 Å². The van der Waals surface area contributed by atoms with Crippen molar-refractivity contribution >= 4 is 11.8 Å². The molecule has 1 atom stereocenters. The molecule has 0 bridgehead atoms. The van der Waals surface area contributed by atoms with E-state index in [0.29, 0.717) is 6.04 Å². The molecule has 0 aromatic carbocycles. The van der Waals surface area contributed by atoms with Crippen LogP contribution in [0.3, 0.4) is 0 Å². The molecule has 0 amide bonds. The topological polar surface area (TPSA) is 29.9 Å². The lowest BCUT2D eigenvalue weighted by Gasteiger charge is -2.19. The van der Waals surface area contributed by atoms with Crippen molar-refractivity contribution in [3.63, 3.8) is 0 Å². The van der Waals surface area contributed by atoms with Crippen LogP contribution in [0.5, 0.6) is 0 Å². The second-order valence-corrected chi connectivity index (χ2v) is 7.14. The highest BCUT2D eigenvalue weighted by atomic mass is 32.2. The van der Waals surface area contributed by atoms with Crippen LogP contribution in [-0.2, 0) is 19.9 Å². The maximum Gasteiger partial charge on any atom is 0.0624 e. The zero-order chi connectivity index (χ0) is 14.4. The molecular weight excluding hydrogens is 266 g/mol. The first-order valence-corrected chi connectivity index (χ1v) is 9.14. The number of rotatable bonds is 8. The monoisotopic (exact) mass is 295 g/mol. The normalized spacial score (nSPS) is 17.8. The number of nitrogens with zero attached hydrogens (tertiary/aromatic N) is 2. The van der Waals surface area contributed by atoms with Crippen molar-refractivity contribution < 1.29 is 0 Å². The molecule has 1 heterocycles. The minimum atomic E-state index is 0.575. The number of aromatic nitrogens is 2. The summed E-state index contributed by atoms with van der Waals surface area (Å²) < 4.78 is 2.06. The zero-order valence-electron chi connectivity index (χ0n) is 13.2. The zero-order valence-corrected chi connectivity index (χ0v) is 14.0. The SMILES string of the molecule is CCNC(CSC1CCCC1)Cc1cc(CC)nn1C. The molecule has 1 unspecified atom stereocenters. The van der Waals surface area contributed by atoms with E-state index in [1.807, 2.05) is 0 Å². The first-order valence-electron chi connectivity index (χ1n) is 8.09.